The summed E-state index contributed by atoms with van der Waals surface area (Å²) in [6, 6.07) is 13.5. The summed E-state index contributed by atoms with van der Waals surface area (Å²) in [5.74, 6) is 0.281. The van der Waals surface area contributed by atoms with Crippen LogP contribution in [0.1, 0.15) is 24.8 Å². The van der Waals surface area contributed by atoms with E-state index < -0.39 is 0 Å². The lowest BCUT2D eigenvalue weighted by Gasteiger charge is -2.25. The third-order valence-corrected chi connectivity index (χ3v) is 6.86. The molecule has 1 fully saturated rings. The molecule has 1 aromatic carbocycles. The van der Waals surface area contributed by atoms with Gasteiger partial charge >= 0.3 is 0 Å². The van der Waals surface area contributed by atoms with E-state index in [2.05, 4.69) is 20.3 Å². The molecular formula is C24H25N5O3S. The molecule has 33 heavy (non-hydrogen) atoms. The molecule has 1 amide bonds. The lowest BCUT2D eigenvalue weighted by Crippen LogP contribution is -2.35. The molecular weight excluding hydrogens is 438 g/mol. The van der Waals surface area contributed by atoms with Crippen LogP contribution in [0.2, 0.25) is 0 Å². The Balaban J connectivity index is 1.41. The van der Waals surface area contributed by atoms with Crippen molar-refractivity contribution in [1.29, 1.82) is 0 Å². The molecule has 0 radical (unpaired) electrons. The number of fused-ring (bicyclic) bond motifs is 1. The van der Waals surface area contributed by atoms with Crippen molar-refractivity contribution < 1.29 is 9.21 Å². The maximum absolute atomic E-state index is 13.2. The molecule has 3 aromatic heterocycles. The molecule has 0 spiro atoms. The number of carbonyl (C=O) groups excluding carboxylic acids is 1. The zero-order chi connectivity index (χ0) is 22.6. The predicted octanol–water partition coefficient (Wildman–Crippen LogP) is 3.46. The van der Waals surface area contributed by atoms with E-state index in [0.717, 1.165) is 43.0 Å². The molecule has 0 unspecified atom stereocenters. The Labute approximate surface area is 194 Å². The van der Waals surface area contributed by atoms with Crippen LogP contribution in [-0.2, 0) is 17.8 Å². The van der Waals surface area contributed by atoms with Gasteiger partial charge in [-0.3, -0.25) is 9.59 Å². The highest BCUT2D eigenvalue weighted by molar-refractivity contribution is 7.22. The van der Waals surface area contributed by atoms with Gasteiger partial charge in [-0.05, 0) is 43.4 Å². The molecule has 4 aromatic rings. The largest absolute Gasteiger partial charge is 0.463 e. The number of hydrogen-bond donors (Lipinski definition) is 1. The van der Waals surface area contributed by atoms with Gasteiger partial charge in [0.25, 0.3) is 5.56 Å². The molecule has 1 saturated heterocycles. The molecule has 0 atom stereocenters. The lowest BCUT2D eigenvalue weighted by atomic mass is 10.1. The molecule has 4 heterocycles. The smallest absolute Gasteiger partial charge is 0.294 e. The summed E-state index contributed by atoms with van der Waals surface area (Å²) < 4.78 is 7.47. The van der Waals surface area contributed by atoms with E-state index in [1.807, 2.05) is 30.3 Å². The van der Waals surface area contributed by atoms with Crippen LogP contribution < -0.4 is 15.8 Å². The van der Waals surface area contributed by atoms with Gasteiger partial charge in [0.2, 0.25) is 5.91 Å². The number of hydrogen-bond acceptors (Lipinski definition) is 7. The summed E-state index contributed by atoms with van der Waals surface area (Å²) >= 11 is 1.46. The summed E-state index contributed by atoms with van der Waals surface area (Å²) in [5, 5.41) is 8.21. The average molecular weight is 464 g/mol. The zero-order valence-corrected chi connectivity index (χ0v) is 19.0. The number of rotatable bonds is 7. The number of anilines is 1. The second-order valence-corrected chi connectivity index (χ2v) is 9.07. The molecule has 1 N–H and O–H groups in total. The third kappa shape index (κ3) is 4.68. The van der Waals surface area contributed by atoms with E-state index in [9.17, 15) is 9.59 Å². The maximum atomic E-state index is 13.2. The highest BCUT2D eigenvalue weighted by atomic mass is 32.1. The summed E-state index contributed by atoms with van der Waals surface area (Å²) in [6.45, 7) is 2.18. The minimum atomic E-state index is -0.363. The SMILES string of the molecule is O=C(Cn1nc(-c2ccco2)c2sc(N3CCCCC3)nc2c1=O)NCCc1ccccc1. The number of nitrogens with zero attached hydrogens (tertiary/aromatic N) is 4. The second-order valence-electron chi connectivity index (χ2n) is 8.10. The topological polar surface area (TPSA) is 93.3 Å². The van der Waals surface area contributed by atoms with E-state index >= 15 is 0 Å². The molecule has 1 aliphatic heterocycles. The zero-order valence-electron chi connectivity index (χ0n) is 18.2. The predicted molar refractivity (Wildman–Crippen MR) is 129 cm³/mol. The van der Waals surface area contributed by atoms with E-state index in [1.165, 1.54) is 22.4 Å². The van der Waals surface area contributed by atoms with Gasteiger partial charge in [-0.1, -0.05) is 41.7 Å². The van der Waals surface area contributed by atoms with Crippen LogP contribution in [0.15, 0.2) is 57.9 Å². The highest BCUT2D eigenvalue weighted by Crippen LogP contribution is 2.34. The average Bonchev–Trinajstić information content (AvgIpc) is 3.53. The van der Waals surface area contributed by atoms with E-state index in [-0.39, 0.29) is 18.0 Å². The first kappa shape index (κ1) is 21.4. The highest BCUT2D eigenvalue weighted by Gasteiger charge is 2.23. The Hall–Kier alpha value is -3.46. The number of carbonyl (C=O) groups is 1. The van der Waals surface area contributed by atoms with Crippen molar-refractivity contribution in [1.82, 2.24) is 20.1 Å². The Morgan fingerprint density at radius 2 is 1.91 bits per heavy atom. The van der Waals surface area contributed by atoms with Gasteiger partial charge in [0.05, 0.1) is 11.0 Å². The summed E-state index contributed by atoms with van der Waals surface area (Å²) in [7, 11) is 0. The van der Waals surface area contributed by atoms with Crippen molar-refractivity contribution in [2.75, 3.05) is 24.5 Å². The van der Waals surface area contributed by atoms with E-state index in [4.69, 9.17) is 4.42 Å². The number of aromatic nitrogens is 3. The Morgan fingerprint density at radius 3 is 2.67 bits per heavy atom. The van der Waals surface area contributed by atoms with Gasteiger partial charge in [-0.25, -0.2) is 9.67 Å². The van der Waals surface area contributed by atoms with Crippen molar-refractivity contribution in [3.05, 3.63) is 64.6 Å². The van der Waals surface area contributed by atoms with Gasteiger partial charge in [0.1, 0.15) is 12.2 Å². The number of thiazole rings is 1. The molecule has 1 aliphatic rings. The van der Waals surface area contributed by atoms with Crippen LogP contribution in [-0.4, -0.2) is 40.3 Å². The van der Waals surface area contributed by atoms with Crippen LogP contribution in [0.3, 0.4) is 0 Å². The summed E-state index contributed by atoms with van der Waals surface area (Å²) in [6.07, 6.45) is 5.74. The number of piperidine rings is 1. The normalized spacial score (nSPS) is 14.0. The number of furan rings is 1. The fourth-order valence-corrected chi connectivity index (χ4v) is 5.13. The standard InChI is InChI=1S/C24H25N5O3S/c30-19(25-12-11-17-8-3-1-4-9-17)16-29-23(31)21-22(20(27-29)18-10-7-15-32-18)33-24(26-21)28-13-5-2-6-14-28/h1,3-4,7-10,15H,2,5-6,11-14,16H2,(H,25,30). The van der Waals surface area contributed by atoms with Crippen molar-refractivity contribution >= 4 is 32.6 Å². The minimum Gasteiger partial charge on any atom is -0.463 e. The summed E-state index contributed by atoms with van der Waals surface area (Å²) in [4.78, 5) is 32.7. The Morgan fingerprint density at radius 1 is 1.09 bits per heavy atom. The maximum Gasteiger partial charge on any atom is 0.294 e. The van der Waals surface area contributed by atoms with Crippen LogP contribution in [0.4, 0.5) is 5.13 Å². The first-order chi connectivity index (χ1) is 16.2. The third-order valence-electron chi connectivity index (χ3n) is 5.74. The van der Waals surface area contributed by atoms with Crippen molar-refractivity contribution in [2.24, 2.45) is 0 Å². The van der Waals surface area contributed by atoms with Gasteiger partial charge < -0.3 is 14.6 Å². The Kier molecular flexibility index (Phi) is 6.21. The molecule has 9 heteroatoms. The fourth-order valence-electron chi connectivity index (χ4n) is 4.03. The van der Waals surface area contributed by atoms with Gasteiger partial charge in [-0.15, -0.1) is 0 Å². The second kappa shape index (κ2) is 9.58. The molecule has 5 rings (SSSR count). The molecule has 0 bridgehead atoms. The lowest BCUT2D eigenvalue weighted by molar-refractivity contribution is -0.121. The van der Waals surface area contributed by atoms with Crippen LogP contribution in [0.5, 0.6) is 0 Å². The molecule has 0 saturated carbocycles. The first-order valence-corrected chi connectivity index (χ1v) is 12.0. The number of benzene rings is 1. The van der Waals surface area contributed by atoms with Gasteiger partial charge in [-0.2, -0.15) is 5.10 Å². The van der Waals surface area contributed by atoms with Gasteiger partial charge in [0, 0.05) is 19.6 Å². The van der Waals surface area contributed by atoms with Crippen molar-refractivity contribution in [3.8, 4) is 11.5 Å². The van der Waals surface area contributed by atoms with Gasteiger partial charge in [0.15, 0.2) is 16.4 Å². The minimum absolute atomic E-state index is 0.173. The first-order valence-electron chi connectivity index (χ1n) is 11.2. The van der Waals surface area contributed by atoms with Crippen molar-refractivity contribution in [2.45, 2.75) is 32.2 Å². The van der Waals surface area contributed by atoms with Crippen LogP contribution >= 0.6 is 11.3 Å². The molecule has 8 nitrogen and oxygen atoms in total. The summed E-state index contributed by atoms with van der Waals surface area (Å²) in [5.41, 5.74) is 1.65. The van der Waals surface area contributed by atoms with E-state index in [1.54, 1.807) is 18.4 Å². The Bertz CT molecular complexity index is 1290. The molecule has 0 aliphatic carbocycles. The van der Waals surface area contributed by atoms with Crippen LogP contribution in [0, 0.1) is 0 Å². The van der Waals surface area contributed by atoms with Crippen molar-refractivity contribution in [3.63, 3.8) is 0 Å². The van der Waals surface area contributed by atoms with E-state index in [0.29, 0.717) is 28.2 Å². The number of nitrogens with one attached hydrogen (secondary N) is 1. The number of amides is 1. The quantitative estimate of drug-likeness (QED) is 0.451. The monoisotopic (exact) mass is 463 g/mol. The van der Waals surface area contributed by atoms with Crippen LogP contribution in [0.25, 0.3) is 21.7 Å². The fraction of sp³-hybridized carbons (Fsp3) is 0.333. The molecule has 170 valence electrons.